The third-order valence-electron chi connectivity index (χ3n) is 2.79. The van der Waals surface area contributed by atoms with Crippen molar-refractivity contribution < 1.29 is 4.79 Å². The zero-order chi connectivity index (χ0) is 14.4. The Morgan fingerprint density at radius 1 is 1.10 bits per heavy atom. The van der Waals surface area contributed by atoms with Crippen molar-refractivity contribution in [3.63, 3.8) is 0 Å². The SMILES string of the molecule is C=C=CC(=O)c1ccc(C)cc1C#Cc1ccccc1. The topological polar surface area (TPSA) is 17.1 Å². The molecule has 2 aromatic carbocycles. The van der Waals surface area contributed by atoms with Crippen molar-refractivity contribution in [1.82, 2.24) is 0 Å². The molecule has 20 heavy (non-hydrogen) atoms. The normalized spacial score (nSPS) is 9.05. The van der Waals surface area contributed by atoms with E-state index in [2.05, 4.69) is 24.2 Å². The minimum atomic E-state index is -0.127. The molecule has 0 radical (unpaired) electrons. The molecular formula is C19H14O. The van der Waals surface area contributed by atoms with Crippen LogP contribution in [-0.4, -0.2) is 5.78 Å². The lowest BCUT2D eigenvalue weighted by Gasteiger charge is -2.01. The van der Waals surface area contributed by atoms with Crippen molar-refractivity contribution in [3.8, 4) is 11.8 Å². The van der Waals surface area contributed by atoms with E-state index in [0.29, 0.717) is 5.56 Å². The predicted octanol–water partition coefficient (Wildman–Crippen LogP) is 3.92. The fraction of sp³-hybridized carbons (Fsp3) is 0.0526. The van der Waals surface area contributed by atoms with Crippen molar-refractivity contribution >= 4 is 5.78 Å². The zero-order valence-corrected chi connectivity index (χ0v) is 11.3. The molecule has 0 amide bonds. The lowest BCUT2D eigenvalue weighted by atomic mass is 10.0. The minimum Gasteiger partial charge on any atom is -0.289 e. The number of hydrogen-bond acceptors (Lipinski definition) is 1. The Kier molecular flexibility index (Phi) is 4.35. The molecule has 2 rings (SSSR count). The third-order valence-corrected chi connectivity index (χ3v) is 2.79. The Morgan fingerprint density at radius 2 is 1.85 bits per heavy atom. The van der Waals surface area contributed by atoms with Gasteiger partial charge in [-0.1, -0.05) is 42.7 Å². The molecule has 0 N–H and O–H groups in total. The number of benzene rings is 2. The van der Waals surface area contributed by atoms with Gasteiger partial charge in [-0.2, -0.15) is 0 Å². The Balaban J connectivity index is 2.46. The zero-order valence-electron chi connectivity index (χ0n) is 11.3. The van der Waals surface area contributed by atoms with Crippen LogP contribution >= 0.6 is 0 Å². The van der Waals surface area contributed by atoms with Crippen LogP contribution in [0.5, 0.6) is 0 Å². The van der Waals surface area contributed by atoms with Crippen LogP contribution in [0.1, 0.15) is 27.0 Å². The number of ketones is 1. The number of rotatable bonds is 2. The van der Waals surface area contributed by atoms with Gasteiger partial charge in [-0.15, -0.1) is 5.73 Å². The van der Waals surface area contributed by atoms with E-state index in [1.165, 1.54) is 6.08 Å². The second kappa shape index (κ2) is 6.38. The first kappa shape index (κ1) is 13.6. The summed E-state index contributed by atoms with van der Waals surface area (Å²) in [7, 11) is 0. The summed E-state index contributed by atoms with van der Waals surface area (Å²) in [6, 6.07) is 15.3. The number of carbonyl (C=O) groups is 1. The Hall–Kier alpha value is -2.81. The minimum absolute atomic E-state index is 0.127. The highest BCUT2D eigenvalue weighted by Crippen LogP contribution is 2.12. The van der Waals surface area contributed by atoms with Gasteiger partial charge in [0.05, 0.1) is 0 Å². The van der Waals surface area contributed by atoms with Crippen molar-refractivity contribution in [2.24, 2.45) is 0 Å². The molecule has 0 aliphatic rings. The van der Waals surface area contributed by atoms with Crippen LogP contribution in [0.2, 0.25) is 0 Å². The van der Waals surface area contributed by atoms with E-state index in [0.717, 1.165) is 16.7 Å². The molecule has 0 aliphatic carbocycles. The third kappa shape index (κ3) is 3.36. The van der Waals surface area contributed by atoms with Crippen molar-refractivity contribution in [2.45, 2.75) is 6.92 Å². The molecule has 2 aromatic rings. The van der Waals surface area contributed by atoms with Crippen LogP contribution in [-0.2, 0) is 0 Å². The van der Waals surface area contributed by atoms with E-state index in [1.54, 1.807) is 6.07 Å². The van der Waals surface area contributed by atoms with E-state index < -0.39 is 0 Å². The molecule has 0 saturated carbocycles. The van der Waals surface area contributed by atoms with Crippen molar-refractivity contribution in [3.05, 3.63) is 89.2 Å². The summed E-state index contributed by atoms with van der Waals surface area (Å²) in [6.07, 6.45) is 1.33. The van der Waals surface area contributed by atoms with E-state index in [-0.39, 0.29) is 5.78 Å². The molecule has 0 saturated heterocycles. The van der Waals surface area contributed by atoms with Crippen LogP contribution in [0.25, 0.3) is 0 Å². The first-order valence-corrected chi connectivity index (χ1v) is 6.28. The van der Waals surface area contributed by atoms with E-state index in [4.69, 9.17) is 0 Å². The maximum absolute atomic E-state index is 12.0. The molecule has 0 bridgehead atoms. The summed E-state index contributed by atoms with van der Waals surface area (Å²) in [5.74, 6) is 6.02. The Morgan fingerprint density at radius 3 is 2.55 bits per heavy atom. The molecular weight excluding hydrogens is 244 g/mol. The maximum atomic E-state index is 12.0. The molecule has 0 aromatic heterocycles. The van der Waals surface area contributed by atoms with Gasteiger partial charge in [0.2, 0.25) is 0 Å². The van der Waals surface area contributed by atoms with Gasteiger partial charge in [0.25, 0.3) is 0 Å². The molecule has 0 heterocycles. The van der Waals surface area contributed by atoms with E-state index in [9.17, 15) is 4.79 Å². The Bertz CT molecular complexity index is 736. The van der Waals surface area contributed by atoms with Gasteiger partial charge in [-0.25, -0.2) is 0 Å². The van der Waals surface area contributed by atoms with E-state index in [1.807, 2.05) is 49.4 Å². The van der Waals surface area contributed by atoms with Gasteiger partial charge < -0.3 is 0 Å². The van der Waals surface area contributed by atoms with Crippen LogP contribution in [0, 0.1) is 18.8 Å². The molecule has 0 fully saturated rings. The first-order chi connectivity index (χ1) is 9.70. The highest BCUT2D eigenvalue weighted by molar-refractivity contribution is 6.06. The van der Waals surface area contributed by atoms with Crippen LogP contribution in [0.4, 0.5) is 0 Å². The van der Waals surface area contributed by atoms with Crippen LogP contribution in [0.3, 0.4) is 0 Å². The van der Waals surface area contributed by atoms with Crippen molar-refractivity contribution in [2.75, 3.05) is 0 Å². The summed E-state index contributed by atoms with van der Waals surface area (Å²) in [4.78, 5) is 12.0. The number of allylic oxidation sites excluding steroid dienone is 1. The Labute approximate surface area is 119 Å². The predicted molar refractivity (Wildman–Crippen MR) is 81.6 cm³/mol. The molecule has 0 unspecified atom stereocenters. The molecule has 0 aliphatic heterocycles. The molecule has 1 nitrogen and oxygen atoms in total. The average molecular weight is 258 g/mol. The smallest absolute Gasteiger partial charge is 0.194 e. The summed E-state index contributed by atoms with van der Waals surface area (Å²) in [5.41, 5.74) is 5.81. The number of aryl methyl sites for hydroxylation is 1. The molecule has 96 valence electrons. The van der Waals surface area contributed by atoms with Gasteiger partial charge >= 0.3 is 0 Å². The second-order valence-electron chi connectivity index (χ2n) is 4.38. The van der Waals surface area contributed by atoms with Gasteiger partial charge in [0.15, 0.2) is 5.78 Å². The summed E-state index contributed by atoms with van der Waals surface area (Å²) >= 11 is 0. The van der Waals surface area contributed by atoms with Crippen LogP contribution in [0.15, 0.2) is 66.9 Å². The largest absolute Gasteiger partial charge is 0.289 e. The molecule has 0 spiro atoms. The lowest BCUT2D eigenvalue weighted by molar-refractivity contribution is 0.104. The fourth-order valence-electron chi connectivity index (χ4n) is 1.81. The average Bonchev–Trinajstić information content (AvgIpc) is 2.46. The fourth-order valence-corrected chi connectivity index (χ4v) is 1.81. The molecule has 1 heteroatoms. The standard InChI is InChI=1S/C19H14O/c1-3-7-19(20)18-13-10-15(2)14-17(18)12-11-16-8-5-4-6-9-16/h4-10,13-14H,1H2,2H3. The van der Waals surface area contributed by atoms with Gasteiger partial charge in [-0.3, -0.25) is 4.79 Å². The van der Waals surface area contributed by atoms with E-state index >= 15 is 0 Å². The highest BCUT2D eigenvalue weighted by atomic mass is 16.1. The van der Waals surface area contributed by atoms with Gasteiger partial charge in [0.1, 0.15) is 0 Å². The van der Waals surface area contributed by atoms with Crippen LogP contribution < -0.4 is 0 Å². The summed E-state index contributed by atoms with van der Waals surface area (Å²) < 4.78 is 0. The van der Waals surface area contributed by atoms with Gasteiger partial charge in [-0.05, 0) is 36.8 Å². The maximum Gasteiger partial charge on any atom is 0.194 e. The highest BCUT2D eigenvalue weighted by Gasteiger charge is 2.07. The second-order valence-corrected chi connectivity index (χ2v) is 4.38. The lowest BCUT2D eigenvalue weighted by Crippen LogP contribution is -1.98. The summed E-state index contributed by atoms with van der Waals surface area (Å²) in [5, 5.41) is 0. The summed E-state index contributed by atoms with van der Waals surface area (Å²) in [6.45, 7) is 5.41. The monoisotopic (exact) mass is 258 g/mol. The quantitative estimate of drug-likeness (QED) is 0.345. The molecule has 0 atom stereocenters. The van der Waals surface area contributed by atoms with Crippen molar-refractivity contribution in [1.29, 1.82) is 0 Å². The number of carbonyl (C=O) groups excluding carboxylic acids is 1. The first-order valence-electron chi connectivity index (χ1n) is 6.28. The number of hydrogen-bond donors (Lipinski definition) is 0. The van der Waals surface area contributed by atoms with Gasteiger partial charge in [0, 0.05) is 22.8 Å².